The maximum Gasteiger partial charge on any atom is 0.339 e. The first-order valence-corrected chi connectivity index (χ1v) is 4.42. The lowest BCUT2D eigenvalue weighted by Crippen LogP contribution is -2.13. The summed E-state index contributed by atoms with van der Waals surface area (Å²) in [5, 5.41) is 0. The highest BCUT2D eigenvalue weighted by molar-refractivity contribution is 7.53. The van der Waals surface area contributed by atoms with Crippen molar-refractivity contribution in [3.8, 4) is 0 Å². The number of carbonyl (C=O) groups is 1. The first-order valence-electron chi connectivity index (χ1n) is 2.73. The van der Waals surface area contributed by atoms with Gasteiger partial charge in [0, 0.05) is 6.42 Å². The number of cyclic esters (lactones) is 1. The molecule has 1 atom stereocenters. The monoisotopic (exact) mass is 166 g/mol. The first kappa shape index (κ1) is 7.72. The van der Waals surface area contributed by atoms with Gasteiger partial charge in [0.2, 0.25) is 0 Å². The van der Waals surface area contributed by atoms with E-state index in [0.29, 0.717) is 0 Å². The zero-order valence-electron chi connectivity index (χ0n) is 5.06. The van der Waals surface area contributed by atoms with Crippen molar-refractivity contribution < 1.29 is 23.9 Å². The van der Waals surface area contributed by atoms with E-state index in [1.54, 1.807) is 0 Å². The minimum Gasteiger partial charge on any atom is -0.465 e. The number of hydrogen-bond acceptors (Lipinski definition) is 3. The zero-order valence-corrected chi connectivity index (χ0v) is 5.95. The van der Waals surface area contributed by atoms with Crippen LogP contribution in [0.3, 0.4) is 0 Å². The second-order valence-electron chi connectivity index (χ2n) is 2.06. The van der Waals surface area contributed by atoms with E-state index < -0.39 is 19.2 Å². The van der Waals surface area contributed by atoms with Crippen LogP contribution in [0, 0.1) is 0 Å². The quantitative estimate of drug-likeness (QED) is 0.404. The minimum atomic E-state index is -4.24. The molecule has 0 saturated carbocycles. The van der Waals surface area contributed by atoms with Crippen molar-refractivity contribution in [3.63, 3.8) is 0 Å². The summed E-state index contributed by atoms with van der Waals surface area (Å²) in [5.74, 6) is -0.784. The lowest BCUT2D eigenvalue weighted by atomic mass is 10.4. The molecular formula is C4H7O5P. The van der Waals surface area contributed by atoms with Crippen molar-refractivity contribution in [1.29, 1.82) is 0 Å². The van der Waals surface area contributed by atoms with E-state index in [2.05, 4.69) is 4.74 Å². The van der Waals surface area contributed by atoms with E-state index in [1.165, 1.54) is 0 Å². The third-order valence-corrected chi connectivity index (χ3v) is 2.59. The molecule has 1 heterocycles. The van der Waals surface area contributed by atoms with Crippen molar-refractivity contribution in [2.24, 2.45) is 0 Å². The summed E-state index contributed by atoms with van der Waals surface area (Å²) in [7, 11) is -4.24. The highest BCUT2D eigenvalue weighted by Gasteiger charge is 2.40. The Morgan fingerprint density at radius 3 is 2.40 bits per heavy atom. The third-order valence-electron chi connectivity index (χ3n) is 1.31. The molecule has 0 aromatic rings. The van der Waals surface area contributed by atoms with Gasteiger partial charge in [0.1, 0.15) is 0 Å². The summed E-state index contributed by atoms with van der Waals surface area (Å²) >= 11 is 0. The van der Waals surface area contributed by atoms with Crippen LogP contribution in [0.5, 0.6) is 0 Å². The second kappa shape index (κ2) is 2.34. The summed E-state index contributed by atoms with van der Waals surface area (Å²) < 4.78 is 14.8. The molecule has 0 radical (unpaired) electrons. The van der Waals surface area contributed by atoms with E-state index in [0.717, 1.165) is 0 Å². The molecule has 0 bridgehead atoms. The standard InChI is InChI=1S/C4H7O5P/c5-4-3(1-2-9-4)10(6,7)8/h3H,1-2H2,(H2,6,7,8). The maximum atomic E-state index is 10.5. The number of esters is 1. The van der Waals surface area contributed by atoms with Crippen molar-refractivity contribution in [1.82, 2.24) is 0 Å². The van der Waals surface area contributed by atoms with E-state index in [1.807, 2.05) is 0 Å². The SMILES string of the molecule is O=C1OCCC1P(=O)(O)O. The van der Waals surface area contributed by atoms with Gasteiger partial charge in [0.15, 0.2) is 5.66 Å². The molecule has 0 amide bonds. The largest absolute Gasteiger partial charge is 0.465 e. The van der Waals surface area contributed by atoms with Gasteiger partial charge < -0.3 is 14.5 Å². The molecule has 1 fully saturated rings. The van der Waals surface area contributed by atoms with Crippen LogP contribution in [0.15, 0.2) is 0 Å². The normalized spacial score (nSPS) is 26.6. The van der Waals surface area contributed by atoms with Crippen LogP contribution in [0.2, 0.25) is 0 Å². The molecule has 0 aromatic heterocycles. The van der Waals surface area contributed by atoms with Crippen molar-refractivity contribution in [2.45, 2.75) is 12.1 Å². The number of hydrogen-bond donors (Lipinski definition) is 2. The van der Waals surface area contributed by atoms with Crippen molar-refractivity contribution in [3.05, 3.63) is 0 Å². The lowest BCUT2D eigenvalue weighted by molar-refractivity contribution is -0.137. The van der Waals surface area contributed by atoms with Gasteiger partial charge in [-0.3, -0.25) is 9.36 Å². The van der Waals surface area contributed by atoms with Gasteiger partial charge in [-0.1, -0.05) is 0 Å². The Balaban J connectivity index is 2.74. The molecule has 5 nitrogen and oxygen atoms in total. The van der Waals surface area contributed by atoms with Crippen LogP contribution in [0.4, 0.5) is 0 Å². The smallest absolute Gasteiger partial charge is 0.339 e. The van der Waals surface area contributed by atoms with Crippen LogP contribution in [-0.4, -0.2) is 28.0 Å². The molecule has 10 heavy (non-hydrogen) atoms. The summed E-state index contributed by atoms with van der Waals surface area (Å²) in [6, 6.07) is 0. The molecule has 6 heteroatoms. The Labute approximate surface area is 57.2 Å². The highest BCUT2D eigenvalue weighted by Crippen LogP contribution is 2.45. The summed E-state index contributed by atoms with van der Waals surface area (Å²) in [6.45, 7) is 0.120. The maximum absolute atomic E-state index is 10.5. The summed E-state index contributed by atoms with van der Waals surface area (Å²) in [6.07, 6.45) is 0.128. The number of ether oxygens (including phenoxy) is 1. The van der Waals surface area contributed by atoms with Crippen LogP contribution in [-0.2, 0) is 14.1 Å². The summed E-state index contributed by atoms with van der Waals surface area (Å²) in [4.78, 5) is 27.5. The first-order chi connectivity index (χ1) is 4.52. The number of carbonyl (C=O) groups excluding carboxylic acids is 1. The second-order valence-corrected chi connectivity index (χ2v) is 3.86. The average molecular weight is 166 g/mol. The highest BCUT2D eigenvalue weighted by atomic mass is 31.2. The Kier molecular flexibility index (Phi) is 1.81. The Morgan fingerprint density at radius 1 is 1.60 bits per heavy atom. The third kappa shape index (κ3) is 1.37. The number of rotatable bonds is 1. The van der Waals surface area contributed by atoms with Gasteiger partial charge in [-0.25, -0.2) is 0 Å². The van der Waals surface area contributed by atoms with E-state index >= 15 is 0 Å². The molecule has 1 saturated heterocycles. The molecule has 1 unspecified atom stereocenters. The predicted molar refractivity (Wildman–Crippen MR) is 31.4 cm³/mol. The van der Waals surface area contributed by atoms with Gasteiger partial charge in [0.25, 0.3) is 0 Å². The van der Waals surface area contributed by atoms with Gasteiger partial charge in [-0.05, 0) is 0 Å². The Morgan fingerprint density at radius 2 is 2.20 bits per heavy atom. The Bertz CT molecular complexity index is 194. The fourth-order valence-electron chi connectivity index (χ4n) is 0.791. The fourth-order valence-corrected chi connectivity index (χ4v) is 1.58. The molecule has 1 aliphatic rings. The van der Waals surface area contributed by atoms with E-state index in [9.17, 15) is 9.36 Å². The molecule has 2 N–H and O–H groups in total. The molecule has 1 aliphatic heterocycles. The van der Waals surface area contributed by atoms with Crippen LogP contribution in [0.25, 0.3) is 0 Å². The van der Waals surface area contributed by atoms with Gasteiger partial charge >= 0.3 is 13.6 Å². The van der Waals surface area contributed by atoms with Crippen molar-refractivity contribution >= 4 is 13.6 Å². The molecular weight excluding hydrogens is 159 g/mol. The molecule has 58 valence electrons. The van der Waals surface area contributed by atoms with Gasteiger partial charge in [-0.2, -0.15) is 0 Å². The van der Waals surface area contributed by atoms with Crippen LogP contribution >= 0.6 is 7.60 Å². The average Bonchev–Trinajstić information content (AvgIpc) is 2.11. The van der Waals surface area contributed by atoms with Gasteiger partial charge in [0.05, 0.1) is 6.61 Å². The van der Waals surface area contributed by atoms with Crippen molar-refractivity contribution in [2.75, 3.05) is 6.61 Å². The predicted octanol–water partition coefficient (Wildman–Crippen LogP) is -0.520. The minimum absolute atomic E-state index is 0.120. The lowest BCUT2D eigenvalue weighted by Gasteiger charge is -2.05. The molecule has 0 aromatic carbocycles. The fraction of sp³-hybridized carbons (Fsp3) is 0.750. The van der Waals surface area contributed by atoms with Gasteiger partial charge in [-0.15, -0.1) is 0 Å². The zero-order chi connectivity index (χ0) is 7.78. The van der Waals surface area contributed by atoms with Crippen LogP contribution in [0.1, 0.15) is 6.42 Å². The molecule has 0 spiro atoms. The molecule has 1 rings (SSSR count). The van der Waals surface area contributed by atoms with Crippen LogP contribution < -0.4 is 0 Å². The summed E-state index contributed by atoms with van der Waals surface area (Å²) in [5.41, 5.74) is -1.22. The Hall–Kier alpha value is -0.380. The topological polar surface area (TPSA) is 83.8 Å². The molecule has 0 aliphatic carbocycles. The van der Waals surface area contributed by atoms with E-state index in [4.69, 9.17) is 9.79 Å². The van der Waals surface area contributed by atoms with E-state index in [-0.39, 0.29) is 13.0 Å².